The van der Waals surface area contributed by atoms with Crippen LogP contribution in [0.3, 0.4) is 0 Å². The predicted octanol–water partition coefficient (Wildman–Crippen LogP) is 2.84. The molecule has 3 N–H and O–H groups in total. The van der Waals surface area contributed by atoms with E-state index in [1.54, 1.807) is 48.5 Å². The van der Waals surface area contributed by atoms with E-state index in [0.29, 0.717) is 28.7 Å². The van der Waals surface area contributed by atoms with Crippen LogP contribution in [-0.4, -0.2) is 30.1 Å². The Morgan fingerprint density at radius 3 is 2.21 bits per heavy atom. The molecule has 0 heterocycles. The largest absolute Gasteiger partial charge is 0.494 e. The van der Waals surface area contributed by atoms with Gasteiger partial charge in [0.15, 0.2) is 11.7 Å². The van der Waals surface area contributed by atoms with Crippen molar-refractivity contribution in [2.45, 2.75) is 13.3 Å². The Bertz CT molecular complexity index is 813. The van der Waals surface area contributed by atoms with E-state index in [2.05, 4.69) is 16.2 Å². The van der Waals surface area contributed by atoms with Crippen molar-refractivity contribution in [3.63, 3.8) is 0 Å². The van der Waals surface area contributed by atoms with Crippen molar-refractivity contribution in [1.82, 2.24) is 16.2 Å². The number of amides is 2. The Balaban J connectivity index is 1.71. The number of hydrazine groups is 1. The summed E-state index contributed by atoms with van der Waals surface area (Å²) in [5.74, 6) is 0.309. The van der Waals surface area contributed by atoms with E-state index in [-0.39, 0.29) is 11.7 Å². The van der Waals surface area contributed by atoms with Gasteiger partial charge in [0.2, 0.25) is 0 Å². The van der Waals surface area contributed by atoms with Crippen LogP contribution in [0.15, 0.2) is 48.5 Å². The topological polar surface area (TPSA) is 88.7 Å². The maximum absolute atomic E-state index is 12.1. The summed E-state index contributed by atoms with van der Waals surface area (Å²) in [5, 5.41) is 2.99. The molecule has 0 aliphatic heterocycles. The Hall–Kier alpha value is -2.84. The minimum Gasteiger partial charge on any atom is -0.494 e. The number of thiocarbonyl (C=S) groups is 1. The van der Waals surface area contributed by atoms with Crippen LogP contribution >= 0.6 is 23.8 Å². The van der Waals surface area contributed by atoms with Gasteiger partial charge in [0.1, 0.15) is 11.5 Å². The summed E-state index contributed by atoms with van der Waals surface area (Å²) in [7, 11) is 0. The molecule has 7 nitrogen and oxygen atoms in total. The van der Waals surface area contributed by atoms with Gasteiger partial charge in [-0.2, -0.15) is 0 Å². The second-order valence-corrected chi connectivity index (χ2v) is 6.42. The van der Waals surface area contributed by atoms with Crippen molar-refractivity contribution in [2.24, 2.45) is 0 Å². The molecule has 28 heavy (non-hydrogen) atoms. The molecule has 0 aliphatic carbocycles. The number of hydrogen-bond donors (Lipinski definition) is 3. The molecule has 2 amide bonds. The fourth-order valence-corrected chi connectivity index (χ4v) is 2.24. The molecule has 148 valence electrons. The average Bonchev–Trinajstić information content (AvgIpc) is 2.70. The average molecular weight is 422 g/mol. The smallest absolute Gasteiger partial charge is 0.276 e. The maximum Gasteiger partial charge on any atom is 0.276 e. The van der Waals surface area contributed by atoms with Crippen LogP contribution in [0.4, 0.5) is 0 Å². The van der Waals surface area contributed by atoms with Crippen LogP contribution in [0.2, 0.25) is 5.02 Å². The second kappa shape index (κ2) is 11.1. The molecule has 0 saturated carbocycles. The minimum absolute atomic E-state index is 0.0452. The molecule has 0 radical (unpaired) electrons. The standard InChI is InChI=1S/C19H20ClN3O4S/c1-2-11-26-15-7-3-13(4-8-15)18(25)21-19(28)23-22-17(24)12-27-16-9-5-14(20)6-10-16/h3-10H,2,11-12H2,1H3,(H,22,24)(H2,21,23,25,28). The summed E-state index contributed by atoms with van der Waals surface area (Å²) >= 11 is 10.8. The molecule has 0 bridgehead atoms. The molecule has 2 rings (SSSR count). The molecule has 2 aromatic rings. The molecule has 9 heteroatoms. The monoisotopic (exact) mass is 421 g/mol. The van der Waals surface area contributed by atoms with Gasteiger partial charge in [-0.3, -0.25) is 25.8 Å². The molecule has 0 aliphatic rings. The van der Waals surface area contributed by atoms with Gasteiger partial charge in [-0.05, 0) is 67.2 Å². The number of hydrogen-bond acceptors (Lipinski definition) is 5. The number of carbonyl (C=O) groups excluding carboxylic acids is 2. The predicted molar refractivity (Wildman–Crippen MR) is 111 cm³/mol. The summed E-state index contributed by atoms with van der Waals surface area (Å²) in [6.07, 6.45) is 0.901. The molecule has 0 unspecified atom stereocenters. The summed E-state index contributed by atoms with van der Waals surface area (Å²) in [6, 6.07) is 13.3. The minimum atomic E-state index is -0.469. The molecule has 2 aromatic carbocycles. The lowest BCUT2D eigenvalue weighted by molar-refractivity contribution is -0.123. The number of benzene rings is 2. The van der Waals surface area contributed by atoms with Gasteiger partial charge in [-0.1, -0.05) is 18.5 Å². The molecule has 0 spiro atoms. The van der Waals surface area contributed by atoms with E-state index in [4.69, 9.17) is 33.3 Å². The third-order valence-electron chi connectivity index (χ3n) is 3.32. The normalized spacial score (nSPS) is 9.93. The van der Waals surface area contributed by atoms with Gasteiger partial charge >= 0.3 is 0 Å². The van der Waals surface area contributed by atoms with Crippen molar-refractivity contribution in [2.75, 3.05) is 13.2 Å². The number of rotatable bonds is 7. The zero-order valence-electron chi connectivity index (χ0n) is 15.2. The summed E-state index contributed by atoms with van der Waals surface area (Å²) in [6.45, 7) is 2.39. The van der Waals surface area contributed by atoms with Gasteiger partial charge < -0.3 is 9.47 Å². The van der Waals surface area contributed by atoms with Gasteiger partial charge in [0.05, 0.1) is 6.61 Å². The fraction of sp³-hybridized carbons (Fsp3) is 0.211. The van der Waals surface area contributed by atoms with Crippen LogP contribution in [0.25, 0.3) is 0 Å². The summed E-state index contributed by atoms with van der Waals surface area (Å²) < 4.78 is 10.8. The second-order valence-electron chi connectivity index (χ2n) is 5.57. The maximum atomic E-state index is 12.1. The lowest BCUT2D eigenvalue weighted by atomic mass is 10.2. The van der Waals surface area contributed by atoms with Gasteiger partial charge in [0.25, 0.3) is 11.8 Å². The quantitative estimate of drug-likeness (QED) is 0.470. The van der Waals surface area contributed by atoms with Crippen LogP contribution in [0, 0.1) is 0 Å². The van der Waals surface area contributed by atoms with Crippen molar-refractivity contribution >= 4 is 40.7 Å². The Kier molecular flexibility index (Phi) is 8.51. The van der Waals surface area contributed by atoms with E-state index in [0.717, 1.165) is 6.42 Å². The summed E-state index contributed by atoms with van der Waals surface area (Å²) in [5.41, 5.74) is 5.19. The Morgan fingerprint density at radius 2 is 1.57 bits per heavy atom. The Morgan fingerprint density at radius 1 is 0.964 bits per heavy atom. The third-order valence-corrected chi connectivity index (χ3v) is 3.77. The van der Waals surface area contributed by atoms with Crippen LogP contribution in [-0.2, 0) is 4.79 Å². The van der Waals surface area contributed by atoms with Crippen LogP contribution in [0.5, 0.6) is 11.5 Å². The SMILES string of the molecule is CCCOc1ccc(C(=O)NC(=S)NNC(=O)COc2ccc(Cl)cc2)cc1. The highest BCUT2D eigenvalue weighted by atomic mass is 35.5. The van der Waals surface area contributed by atoms with Crippen LogP contribution < -0.4 is 25.6 Å². The van der Waals surface area contributed by atoms with Crippen molar-refractivity contribution < 1.29 is 19.1 Å². The molecular weight excluding hydrogens is 402 g/mol. The number of halogens is 1. The molecular formula is C19H20ClN3O4S. The van der Waals surface area contributed by atoms with Gasteiger partial charge in [-0.25, -0.2) is 0 Å². The zero-order chi connectivity index (χ0) is 20.4. The van der Waals surface area contributed by atoms with E-state index < -0.39 is 11.8 Å². The van der Waals surface area contributed by atoms with E-state index in [1.807, 2.05) is 6.92 Å². The molecule has 0 aromatic heterocycles. The highest BCUT2D eigenvalue weighted by molar-refractivity contribution is 7.80. The first-order valence-electron chi connectivity index (χ1n) is 8.49. The van der Waals surface area contributed by atoms with Crippen molar-refractivity contribution in [3.05, 3.63) is 59.1 Å². The number of ether oxygens (including phenoxy) is 2. The first-order chi connectivity index (χ1) is 13.5. The molecule has 0 fully saturated rings. The molecule has 0 atom stereocenters. The van der Waals surface area contributed by atoms with Gasteiger partial charge in [-0.15, -0.1) is 0 Å². The lowest BCUT2D eigenvalue weighted by Gasteiger charge is -2.12. The van der Waals surface area contributed by atoms with Gasteiger partial charge in [0, 0.05) is 10.6 Å². The highest BCUT2D eigenvalue weighted by Gasteiger charge is 2.09. The first kappa shape index (κ1) is 21.5. The van der Waals surface area contributed by atoms with Crippen molar-refractivity contribution in [1.29, 1.82) is 0 Å². The highest BCUT2D eigenvalue weighted by Crippen LogP contribution is 2.15. The molecule has 0 saturated heterocycles. The third kappa shape index (κ3) is 7.42. The van der Waals surface area contributed by atoms with Crippen LogP contribution in [0.1, 0.15) is 23.7 Å². The number of nitrogens with one attached hydrogen (secondary N) is 3. The zero-order valence-corrected chi connectivity index (χ0v) is 16.7. The lowest BCUT2D eigenvalue weighted by Crippen LogP contribution is -2.49. The van der Waals surface area contributed by atoms with E-state index in [9.17, 15) is 9.59 Å². The van der Waals surface area contributed by atoms with Crippen molar-refractivity contribution in [3.8, 4) is 11.5 Å². The fourth-order valence-electron chi connectivity index (χ4n) is 1.97. The Labute approximate surface area is 173 Å². The number of carbonyl (C=O) groups is 2. The van der Waals surface area contributed by atoms with E-state index in [1.165, 1.54) is 0 Å². The van der Waals surface area contributed by atoms with E-state index >= 15 is 0 Å². The summed E-state index contributed by atoms with van der Waals surface area (Å²) in [4.78, 5) is 23.9. The first-order valence-corrected chi connectivity index (χ1v) is 9.28.